The number of rotatable bonds is 4. The van der Waals surface area contributed by atoms with Crippen molar-refractivity contribution >= 4 is 17.7 Å². The lowest BCUT2D eigenvalue weighted by atomic mass is 9.46. The quantitative estimate of drug-likeness (QED) is 0.639. The number of carbonyl (C=O) groups is 3. The fourth-order valence-electron chi connectivity index (χ4n) is 7.50. The van der Waals surface area contributed by atoms with E-state index in [4.69, 9.17) is 9.47 Å². The molecular weight excluding hydrogens is 412 g/mol. The summed E-state index contributed by atoms with van der Waals surface area (Å²) in [5.74, 6) is -0.705. The van der Waals surface area contributed by atoms with Gasteiger partial charge >= 0.3 is 6.16 Å². The Hall–Kier alpha value is -1.99. The maximum atomic E-state index is 13.2. The highest BCUT2D eigenvalue weighted by molar-refractivity contribution is 6.01. The van der Waals surface area contributed by atoms with E-state index in [2.05, 4.69) is 6.92 Å². The SMILES string of the molecule is CCOC(=O)OCC(=O)[C@@]1(O)[C@@H](C)C[C@H]2[C@@H]3CCC4=CC(=O)C=C[C@]4(C)[C@H]3C[C@@H](O)[C@@]21C. The van der Waals surface area contributed by atoms with Gasteiger partial charge in [0.05, 0.1) is 12.7 Å². The number of fused-ring (bicyclic) bond motifs is 5. The van der Waals surface area contributed by atoms with Gasteiger partial charge in [-0.05, 0) is 68.4 Å². The zero-order valence-corrected chi connectivity index (χ0v) is 19.3. The van der Waals surface area contributed by atoms with E-state index in [1.165, 1.54) is 0 Å². The van der Waals surface area contributed by atoms with Crippen molar-refractivity contribution in [3.63, 3.8) is 0 Å². The van der Waals surface area contributed by atoms with Crippen LogP contribution >= 0.6 is 0 Å². The number of hydrogen-bond acceptors (Lipinski definition) is 7. The minimum Gasteiger partial charge on any atom is -0.435 e. The molecule has 0 aromatic rings. The summed E-state index contributed by atoms with van der Waals surface area (Å²) in [6.45, 7) is 6.97. The zero-order valence-electron chi connectivity index (χ0n) is 19.3. The number of ketones is 2. The predicted molar refractivity (Wildman–Crippen MR) is 115 cm³/mol. The van der Waals surface area contributed by atoms with Crippen LogP contribution in [0.4, 0.5) is 4.79 Å². The van der Waals surface area contributed by atoms with Crippen LogP contribution in [0, 0.1) is 34.5 Å². The lowest BCUT2D eigenvalue weighted by Crippen LogP contribution is -2.65. The molecule has 0 amide bonds. The molecule has 4 aliphatic carbocycles. The molecule has 4 rings (SSSR count). The minimum absolute atomic E-state index is 0.00758. The van der Waals surface area contributed by atoms with Crippen LogP contribution in [0.25, 0.3) is 0 Å². The summed E-state index contributed by atoms with van der Waals surface area (Å²) in [7, 11) is 0. The lowest BCUT2D eigenvalue weighted by Gasteiger charge is -2.59. The van der Waals surface area contributed by atoms with E-state index in [1.54, 1.807) is 19.1 Å². The number of carbonyl (C=O) groups excluding carboxylic acids is 3. The van der Waals surface area contributed by atoms with Crippen LogP contribution in [0.5, 0.6) is 0 Å². The van der Waals surface area contributed by atoms with Gasteiger partial charge in [0.2, 0.25) is 5.78 Å². The van der Waals surface area contributed by atoms with E-state index in [0.717, 1.165) is 18.4 Å². The van der Waals surface area contributed by atoms with Crippen molar-refractivity contribution in [2.24, 2.45) is 34.5 Å². The summed E-state index contributed by atoms with van der Waals surface area (Å²) >= 11 is 0. The number of aliphatic hydroxyl groups is 2. The maximum Gasteiger partial charge on any atom is 0.508 e. The molecule has 0 aromatic carbocycles. The molecule has 7 nitrogen and oxygen atoms in total. The Morgan fingerprint density at radius 1 is 1.19 bits per heavy atom. The van der Waals surface area contributed by atoms with Crippen LogP contribution in [0.1, 0.15) is 53.4 Å². The summed E-state index contributed by atoms with van der Waals surface area (Å²) < 4.78 is 9.66. The molecule has 4 aliphatic rings. The Kier molecular flexibility index (Phi) is 5.65. The van der Waals surface area contributed by atoms with E-state index >= 15 is 0 Å². The second-order valence-corrected chi connectivity index (χ2v) is 10.4. The molecule has 0 aromatic heterocycles. The van der Waals surface area contributed by atoms with Crippen molar-refractivity contribution in [2.45, 2.75) is 65.1 Å². The molecule has 0 bridgehead atoms. The van der Waals surface area contributed by atoms with E-state index in [-0.39, 0.29) is 35.6 Å². The second-order valence-electron chi connectivity index (χ2n) is 10.4. The molecule has 0 radical (unpaired) electrons. The molecule has 3 fully saturated rings. The van der Waals surface area contributed by atoms with Crippen molar-refractivity contribution in [2.75, 3.05) is 13.2 Å². The molecular formula is C25H34O7. The van der Waals surface area contributed by atoms with E-state index in [0.29, 0.717) is 12.8 Å². The molecule has 3 saturated carbocycles. The largest absolute Gasteiger partial charge is 0.508 e. The number of allylic oxidation sites excluding steroid dienone is 4. The zero-order chi connectivity index (χ0) is 23.5. The van der Waals surface area contributed by atoms with Crippen molar-refractivity contribution in [1.29, 1.82) is 0 Å². The lowest BCUT2D eigenvalue weighted by molar-refractivity contribution is -0.198. The maximum absolute atomic E-state index is 13.2. The summed E-state index contributed by atoms with van der Waals surface area (Å²) in [5, 5.41) is 23.2. The second kappa shape index (κ2) is 7.80. The van der Waals surface area contributed by atoms with Gasteiger partial charge in [0.15, 0.2) is 12.4 Å². The van der Waals surface area contributed by atoms with Gasteiger partial charge in [0.25, 0.3) is 0 Å². The third kappa shape index (κ3) is 3.04. The fourth-order valence-corrected chi connectivity index (χ4v) is 7.50. The number of ether oxygens (including phenoxy) is 2. The number of Topliss-reactive ketones (excluding diaryl/α,β-unsaturated/α-hetero) is 1. The van der Waals surface area contributed by atoms with E-state index in [9.17, 15) is 24.6 Å². The van der Waals surface area contributed by atoms with Gasteiger partial charge in [-0.2, -0.15) is 0 Å². The highest BCUT2D eigenvalue weighted by Gasteiger charge is 2.71. The topological polar surface area (TPSA) is 110 Å². The Morgan fingerprint density at radius 2 is 1.91 bits per heavy atom. The van der Waals surface area contributed by atoms with E-state index < -0.39 is 41.6 Å². The molecule has 0 spiro atoms. The minimum atomic E-state index is -1.80. The molecule has 0 heterocycles. The highest BCUT2D eigenvalue weighted by Crippen LogP contribution is 2.68. The van der Waals surface area contributed by atoms with Crippen LogP contribution < -0.4 is 0 Å². The summed E-state index contributed by atoms with van der Waals surface area (Å²) in [6, 6.07) is 0. The van der Waals surface area contributed by atoms with Gasteiger partial charge in [0.1, 0.15) is 5.60 Å². The number of aliphatic hydroxyl groups excluding tert-OH is 1. The first-order valence-electron chi connectivity index (χ1n) is 11.7. The first-order valence-corrected chi connectivity index (χ1v) is 11.7. The van der Waals surface area contributed by atoms with Gasteiger partial charge in [-0.1, -0.05) is 32.4 Å². The normalized spacial score (nSPS) is 44.8. The van der Waals surface area contributed by atoms with Crippen molar-refractivity contribution in [3.8, 4) is 0 Å². The number of hydrogen-bond donors (Lipinski definition) is 2. The van der Waals surface area contributed by atoms with Gasteiger partial charge < -0.3 is 19.7 Å². The summed E-state index contributed by atoms with van der Waals surface area (Å²) in [4.78, 5) is 36.8. The third-order valence-corrected chi connectivity index (χ3v) is 9.24. The third-order valence-electron chi connectivity index (χ3n) is 9.24. The molecule has 0 aliphatic heterocycles. The van der Waals surface area contributed by atoms with E-state index in [1.807, 2.05) is 19.9 Å². The molecule has 7 heteroatoms. The average Bonchev–Trinajstić information content (AvgIpc) is 2.96. The van der Waals surface area contributed by atoms with Gasteiger partial charge in [-0.25, -0.2) is 4.79 Å². The molecule has 176 valence electrons. The smallest absolute Gasteiger partial charge is 0.435 e. The molecule has 0 unspecified atom stereocenters. The Balaban J connectivity index is 1.64. The van der Waals surface area contributed by atoms with Crippen LogP contribution in [0.3, 0.4) is 0 Å². The Morgan fingerprint density at radius 3 is 2.59 bits per heavy atom. The molecule has 8 atom stereocenters. The first-order chi connectivity index (χ1) is 15.0. The van der Waals surface area contributed by atoms with Crippen LogP contribution in [0.2, 0.25) is 0 Å². The van der Waals surface area contributed by atoms with Crippen molar-refractivity contribution < 1.29 is 34.1 Å². The monoisotopic (exact) mass is 446 g/mol. The van der Waals surface area contributed by atoms with Crippen LogP contribution in [0.15, 0.2) is 23.8 Å². The van der Waals surface area contributed by atoms with Gasteiger partial charge in [-0.3, -0.25) is 9.59 Å². The van der Waals surface area contributed by atoms with Gasteiger partial charge in [0, 0.05) is 10.8 Å². The summed E-state index contributed by atoms with van der Waals surface area (Å²) in [5.41, 5.74) is -2.04. The molecule has 32 heavy (non-hydrogen) atoms. The Bertz CT molecular complexity index is 891. The first kappa shape index (κ1) is 23.2. The molecule has 2 N–H and O–H groups in total. The standard InChI is InChI=1S/C25H34O7/c1-5-31-22(29)32-13-21(28)25(30)14(2)10-19-17-7-6-15-11-16(26)8-9-23(15,3)18(17)12-20(27)24(19,25)4/h8-9,11,14,17-20,27,30H,5-7,10,12-13H2,1-4H3/t14-,17+,18-,19-,20+,23-,24+,25-/m0/s1. The van der Waals surface area contributed by atoms with Crippen LogP contribution in [-0.2, 0) is 19.1 Å². The summed E-state index contributed by atoms with van der Waals surface area (Å²) in [6.07, 6.45) is 6.19. The Labute approximate surface area is 188 Å². The average molecular weight is 447 g/mol. The van der Waals surface area contributed by atoms with Gasteiger partial charge in [-0.15, -0.1) is 0 Å². The van der Waals surface area contributed by atoms with Crippen LogP contribution in [-0.4, -0.2) is 52.9 Å². The van der Waals surface area contributed by atoms with Crippen molar-refractivity contribution in [1.82, 2.24) is 0 Å². The van der Waals surface area contributed by atoms with Crippen molar-refractivity contribution in [3.05, 3.63) is 23.8 Å². The molecule has 0 saturated heterocycles. The fraction of sp³-hybridized carbons (Fsp3) is 0.720. The highest BCUT2D eigenvalue weighted by atomic mass is 16.7. The predicted octanol–water partition coefficient (Wildman–Crippen LogP) is 2.98.